The van der Waals surface area contributed by atoms with Crippen LogP contribution < -0.4 is 0 Å². The molecule has 0 aliphatic heterocycles. The Balaban J connectivity index is 4.56. The summed E-state index contributed by atoms with van der Waals surface area (Å²) in [5.41, 5.74) is 0. The minimum atomic E-state index is -2.14. The molecular weight excluding hydrogens is 306 g/mol. The van der Waals surface area contributed by atoms with Gasteiger partial charge < -0.3 is 0 Å². The normalized spacial score (nSPS) is 12.8. The Labute approximate surface area is 95.5 Å². The first kappa shape index (κ1) is 14.3. The first-order valence-electron chi connectivity index (χ1n) is 4.85. The SMILES string of the molecule is CCOC(=O)/C=[C](/CCCl)[Sn]([CH3])([CH3])[CH3]. The fraction of sp³-hybridized carbons (Fsp3) is 0.700. The van der Waals surface area contributed by atoms with Crippen LogP contribution in [-0.2, 0) is 9.53 Å². The van der Waals surface area contributed by atoms with Crippen molar-refractivity contribution >= 4 is 35.9 Å². The monoisotopic (exact) mass is 326 g/mol. The van der Waals surface area contributed by atoms with Gasteiger partial charge in [0.2, 0.25) is 0 Å². The van der Waals surface area contributed by atoms with E-state index < -0.39 is 18.4 Å². The predicted octanol–water partition coefficient (Wildman–Crippen LogP) is 2.98. The van der Waals surface area contributed by atoms with Crippen molar-refractivity contribution in [2.24, 2.45) is 0 Å². The van der Waals surface area contributed by atoms with Gasteiger partial charge in [-0.2, -0.15) is 0 Å². The summed E-state index contributed by atoms with van der Waals surface area (Å²) in [6.45, 7) is 2.25. The third-order valence-electron chi connectivity index (χ3n) is 1.91. The van der Waals surface area contributed by atoms with Gasteiger partial charge >= 0.3 is 95.8 Å². The molecule has 0 rings (SSSR count). The number of rotatable bonds is 5. The molecule has 82 valence electrons. The van der Waals surface area contributed by atoms with E-state index in [1.807, 2.05) is 6.92 Å². The Morgan fingerprint density at radius 1 is 1.43 bits per heavy atom. The second-order valence-electron chi connectivity index (χ2n) is 4.11. The van der Waals surface area contributed by atoms with Crippen LogP contribution in [0.5, 0.6) is 0 Å². The van der Waals surface area contributed by atoms with E-state index in [1.54, 1.807) is 6.08 Å². The minimum absolute atomic E-state index is 0.223. The summed E-state index contributed by atoms with van der Waals surface area (Å²) in [5.74, 6) is 0.360. The van der Waals surface area contributed by atoms with Crippen LogP contribution in [0.3, 0.4) is 0 Å². The zero-order chi connectivity index (χ0) is 11.2. The molecular formula is C10H19ClO2Sn. The van der Waals surface area contributed by atoms with Gasteiger partial charge in [-0.05, 0) is 0 Å². The van der Waals surface area contributed by atoms with Crippen LogP contribution in [0.4, 0.5) is 0 Å². The molecule has 2 nitrogen and oxygen atoms in total. The summed E-state index contributed by atoms with van der Waals surface area (Å²) in [5, 5.41) is 0. The fourth-order valence-corrected chi connectivity index (χ4v) is 5.82. The van der Waals surface area contributed by atoms with Crippen molar-refractivity contribution in [1.29, 1.82) is 0 Å². The molecule has 0 fully saturated rings. The first-order chi connectivity index (χ1) is 6.41. The summed E-state index contributed by atoms with van der Waals surface area (Å²) in [6, 6.07) is 0. The summed E-state index contributed by atoms with van der Waals surface area (Å²) in [6.07, 6.45) is 2.47. The van der Waals surface area contributed by atoms with E-state index >= 15 is 0 Å². The van der Waals surface area contributed by atoms with Crippen molar-refractivity contribution in [3.05, 3.63) is 9.67 Å². The molecule has 0 aliphatic rings. The Morgan fingerprint density at radius 3 is 2.36 bits per heavy atom. The summed E-state index contributed by atoms with van der Waals surface area (Å²) in [7, 11) is 0. The van der Waals surface area contributed by atoms with Crippen LogP contribution in [-0.4, -0.2) is 36.8 Å². The van der Waals surface area contributed by atoms with Crippen LogP contribution >= 0.6 is 11.6 Å². The van der Waals surface area contributed by atoms with Gasteiger partial charge in [0.15, 0.2) is 0 Å². The molecule has 0 aromatic carbocycles. The van der Waals surface area contributed by atoms with Crippen molar-refractivity contribution in [2.75, 3.05) is 12.5 Å². The maximum absolute atomic E-state index is 11.3. The standard InChI is InChI=1S/C7H10ClO2.3CH3.Sn/c1-2-10-7(9)5-3-4-6-8;;;;/h5H,2,4,6H2,1H3;3*1H3;. The third-order valence-corrected chi connectivity index (χ3v) is 8.72. The number of hydrogen-bond acceptors (Lipinski definition) is 2. The Morgan fingerprint density at radius 2 is 2.00 bits per heavy atom. The molecule has 0 bridgehead atoms. The number of carbonyl (C=O) groups excluding carboxylic acids is 1. The average molecular weight is 325 g/mol. The van der Waals surface area contributed by atoms with Crippen LogP contribution in [0.25, 0.3) is 0 Å². The molecule has 0 aromatic heterocycles. The number of ether oxygens (including phenoxy) is 1. The van der Waals surface area contributed by atoms with Crippen molar-refractivity contribution < 1.29 is 9.53 Å². The number of halogens is 1. The van der Waals surface area contributed by atoms with Crippen molar-refractivity contribution in [1.82, 2.24) is 0 Å². The molecule has 0 atom stereocenters. The van der Waals surface area contributed by atoms with Crippen LogP contribution in [0.15, 0.2) is 9.67 Å². The molecule has 0 aromatic rings. The number of allylic oxidation sites excluding steroid dienone is 1. The molecule has 0 amide bonds. The molecule has 0 saturated heterocycles. The number of esters is 1. The molecule has 0 radical (unpaired) electrons. The third kappa shape index (κ3) is 5.91. The van der Waals surface area contributed by atoms with E-state index in [0.29, 0.717) is 12.5 Å². The van der Waals surface area contributed by atoms with E-state index in [0.717, 1.165) is 6.42 Å². The van der Waals surface area contributed by atoms with E-state index in [1.165, 1.54) is 3.59 Å². The fourth-order valence-electron chi connectivity index (χ4n) is 1.09. The Hall–Kier alpha value is 0.299. The van der Waals surface area contributed by atoms with Crippen molar-refractivity contribution in [3.8, 4) is 0 Å². The number of hydrogen-bond donors (Lipinski definition) is 0. The second-order valence-corrected chi connectivity index (χ2v) is 19.2. The van der Waals surface area contributed by atoms with E-state index in [2.05, 4.69) is 14.8 Å². The first-order valence-corrected chi connectivity index (χ1v) is 15.4. The van der Waals surface area contributed by atoms with Gasteiger partial charge in [-0.25, -0.2) is 0 Å². The maximum atomic E-state index is 11.3. The van der Waals surface area contributed by atoms with Gasteiger partial charge in [0.1, 0.15) is 0 Å². The number of carbonyl (C=O) groups is 1. The molecule has 0 N–H and O–H groups in total. The van der Waals surface area contributed by atoms with Gasteiger partial charge in [-0.15, -0.1) is 0 Å². The molecule has 0 aliphatic carbocycles. The van der Waals surface area contributed by atoms with Gasteiger partial charge in [-0.3, -0.25) is 0 Å². The van der Waals surface area contributed by atoms with Crippen molar-refractivity contribution in [3.63, 3.8) is 0 Å². The predicted molar refractivity (Wildman–Crippen MR) is 63.4 cm³/mol. The topological polar surface area (TPSA) is 26.3 Å². The molecule has 0 heterocycles. The van der Waals surface area contributed by atoms with Gasteiger partial charge in [0.05, 0.1) is 0 Å². The van der Waals surface area contributed by atoms with Gasteiger partial charge in [0.25, 0.3) is 0 Å². The van der Waals surface area contributed by atoms with Crippen LogP contribution in [0.2, 0.25) is 14.8 Å². The number of alkyl halides is 1. The molecule has 14 heavy (non-hydrogen) atoms. The van der Waals surface area contributed by atoms with Gasteiger partial charge in [0, 0.05) is 0 Å². The quantitative estimate of drug-likeness (QED) is 0.336. The molecule has 0 spiro atoms. The Bertz CT molecular complexity index is 219. The van der Waals surface area contributed by atoms with Gasteiger partial charge in [-0.1, -0.05) is 0 Å². The Kier molecular flexibility index (Phi) is 6.87. The zero-order valence-electron chi connectivity index (χ0n) is 9.39. The molecule has 0 unspecified atom stereocenters. The summed E-state index contributed by atoms with van der Waals surface area (Å²) < 4.78 is 6.13. The molecule has 4 heteroatoms. The second kappa shape index (κ2) is 6.72. The van der Waals surface area contributed by atoms with Crippen LogP contribution in [0, 0.1) is 0 Å². The van der Waals surface area contributed by atoms with E-state index in [-0.39, 0.29) is 5.97 Å². The molecule has 0 saturated carbocycles. The average Bonchev–Trinajstić information content (AvgIpc) is 2.02. The van der Waals surface area contributed by atoms with Crippen molar-refractivity contribution in [2.45, 2.75) is 28.2 Å². The summed E-state index contributed by atoms with van der Waals surface area (Å²) in [4.78, 5) is 18.1. The van der Waals surface area contributed by atoms with E-state index in [4.69, 9.17) is 16.3 Å². The zero-order valence-corrected chi connectivity index (χ0v) is 13.0. The van der Waals surface area contributed by atoms with Crippen LogP contribution in [0.1, 0.15) is 13.3 Å². The summed E-state index contributed by atoms with van der Waals surface area (Å²) >= 11 is 3.56. The van der Waals surface area contributed by atoms with E-state index in [9.17, 15) is 4.79 Å².